The van der Waals surface area contributed by atoms with Gasteiger partial charge in [0.15, 0.2) is 0 Å². The summed E-state index contributed by atoms with van der Waals surface area (Å²) in [6.07, 6.45) is 4.91. The molecule has 12 nitrogen and oxygen atoms in total. The fourth-order valence-electron chi connectivity index (χ4n) is 6.36. The van der Waals surface area contributed by atoms with E-state index in [4.69, 9.17) is 14.7 Å². The van der Waals surface area contributed by atoms with Crippen molar-refractivity contribution >= 4 is 41.4 Å². The molecular formula is C30H39N7O5. The number of nitrogens with one attached hydrogen (secondary N) is 1. The molecule has 4 fully saturated rings. The van der Waals surface area contributed by atoms with E-state index in [0.717, 1.165) is 45.3 Å². The first kappa shape index (κ1) is 28.0. The number of ether oxygens (including phenoxy) is 1. The van der Waals surface area contributed by atoms with E-state index in [1.165, 1.54) is 17.7 Å². The number of piperidine rings is 2. The van der Waals surface area contributed by atoms with Crippen LogP contribution in [0.3, 0.4) is 0 Å². The van der Waals surface area contributed by atoms with Crippen LogP contribution in [0.1, 0.15) is 62.7 Å². The highest BCUT2D eigenvalue weighted by Gasteiger charge is 2.46. The summed E-state index contributed by atoms with van der Waals surface area (Å²) in [6.45, 7) is 7.03. The second-order valence-corrected chi connectivity index (χ2v) is 12.7. The van der Waals surface area contributed by atoms with E-state index in [9.17, 15) is 19.5 Å². The van der Waals surface area contributed by atoms with E-state index in [-0.39, 0.29) is 18.6 Å². The van der Waals surface area contributed by atoms with Gasteiger partial charge in [0.2, 0.25) is 0 Å². The number of carbonyl (C=O) groups excluding carboxylic acids is 2. The largest absolute Gasteiger partial charge is 0.465 e. The van der Waals surface area contributed by atoms with Crippen LogP contribution >= 0.6 is 0 Å². The number of nitrogens with zero attached hydrogens (tertiary/aromatic N) is 6. The van der Waals surface area contributed by atoms with Crippen LogP contribution in [-0.2, 0) is 4.74 Å². The Bertz CT molecular complexity index is 1380. The minimum Gasteiger partial charge on any atom is -0.465 e. The average molecular weight is 578 g/mol. The Kier molecular flexibility index (Phi) is 7.10. The molecule has 3 saturated heterocycles. The van der Waals surface area contributed by atoms with Crippen molar-refractivity contribution in [3.63, 3.8) is 0 Å². The van der Waals surface area contributed by atoms with E-state index >= 15 is 0 Å². The lowest BCUT2D eigenvalue weighted by Gasteiger charge is -2.37. The van der Waals surface area contributed by atoms with Crippen LogP contribution in [0.5, 0.6) is 0 Å². The summed E-state index contributed by atoms with van der Waals surface area (Å²) < 4.78 is 5.32. The first-order valence-corrected chi connectivity index (χ1v) is 14.8. The molecule has 0 bridgehead atoms. The lowest BCUT2D eigenvalue weighted by atomic mass is 9.93. The lowest BCUT2D eigenvalue weighted by molar-refractivity contribution is 0.102. The van der Waals surface area contributed by atoms with E-state index in [0.29, 0.717) is 40.8 Å². The Labute approximate surface area is 245 Å². The smallest absolute Gasteiger partial charge is 0.416 e. The first-order valence-electron chi connectivity index (χ1n) is 14.8. The maximum absolute atomic E-state index is 13.7. The normalized spacial score (nSPS) is 22.6. The molecule has 3 aliphatic heterocycles. The summed E-state index contributed by atoms with van der Waals surface area (Å²) in [5.41, 5.74) is 0.320. The predicted molar refractivity (Wildman–Crippen MR) is 158 cm³/mol. The maximum Gasteiger partial charge on any atom is 0.416 e. The molecule has 2 aromatic rings. The topological polar surface area (TPSA) is 131 Å². The van der Waals surface area contributed by atoms with Crippen LogP contribution in [0.2, 0.25) is 0 Å². The Morgan fingerprint density at radius 3 is 2.45 bits per heavy atom. The van der Waals surface area contributed by atoms with Gasteiger partial charge in [-0.15, -0.1) is 0 Å². The molecule has 42 heavy (non-hydrogen) atoms. The third-order valence-electron chi connectivity index (χ3n) is 9.30. The SMILES string of the molecule is CN(C(=O)O)C1CCCN(c2cccc(NC(=O)c3ccc(N4C(=O)OCC4(C)C)nc3N3CCC4(CC3)CC4)n2)C1. The van der Waals surface area contributed by atoms with Crippen molar-refractivity contribution in [2.45, 2.75) is 64.0 Å². The lowest BCUT2D eigenvalue weighted by Crippen LogP contribution is -2.48. The van der Waals surface area contributed by atoms with Crippen molar-refractivity contribution in [2.75, 3.05) is 59.9 Å². The minimum atomic E-state index is -0.947. The van der Waals surface area contributed by atoms with Crippen LogP contribution in [0.15, 0.2) is 30.3 Å². The fourth-order valence-corrected chi connectivity index (χ4v) is 6.36. The zero-order chi connectivity index (χ0) is 29.6. The van der Waals surface area contributed by atoms with Gasteiger partial charge >= 0.3 is 12.2 Å². The van der Waals surface area contributed by atoms with Crippen molar-refractivity contribution in [1.82, 2.24) is 14.9 Å². The number of anilines is 4. The summed E-state index contributed by atoms with van der Waals surface area (Å²) >= 11 is 0. The number of hydrogen-bond donors (Lipinski definition) is 2. The van der Waals surface area contributed by atoms with Crippen LogP contribution in [-0.4, -0.2) is 89.5 Å². The van der Waals surface area contributed by atoms with Crippen molar-refractivity contribution in [1.29, 1.82) is 0 Å². The van der Waals surface area contributed by atoms with Crippen molar-refractivity contribution in [3.05, 3.63) is 35.9 Å². The monoisotopic (exact) mass is 577 g/mol. The molecule has 0 radical (unpaired) electrons. The Hall–Kier alpha value is -4.09. The highest BCUT2D eigenvalue weighted by Crippen LogP contribution is 2.54. The molecule has 3 amide bonds. The van der Waals surface area contributed by atoms with Crippen molar-refractivity contribution in [3.8, 4) is 0 Å². The van der Waals surface area contributed by atoms with Gasteiger partial charge in [-0.3, -0.25) is 9.69 Å². The molecule has 4 aliphatic rings. The van der Waals surface area contributed by atoms with E-state index < -0.39 is 17.7 Å². The quantitative estimate of drug-likeness (QED) is 0.512. The minimum absolute atomic E-state index is 0.124. The number of rotatable bonds is 6. The summed E-state index contributed by atoms with van der Waals surface area (Å²) in [5.74, 6) is 1.78. The number of likely N-dealkylation sites (N-methyl/N-ethyl adjacent to an activating group) is 1. The van der Waals surface area contributed by atoms with Gasteiger partial charge in [-0.05, 0) is 82.1 Å². The van der Waals surface area contributed by atoms with Crippen molar-refractivity contribution < 1.29 is 24.2 Å². The molecule has 2 aromatic heterocycles. The number of carbonyl (C=O) groups is 3. The molecule has 1 aliphatic carbocycles. The van der Waals surface area contributed by atoms with Gasteiger partial charge in [0.25, 0.3) is 5.91 Å². The molecule has 1 atom stereocenters. The molecule has 1 saturated carbocycles. The molecule has 0 aromatic carbocycles. The van der Waals surface area contributed by atoms with E-state index in [1.54, 1.807) is 30.1 Å². The number of amides is 3. The van der Waals surface area contributed by atoms with Crippen LogP contribution in [0.25, 0.3) is 0 Å². The summed E-state index contributed by atoms with van der Waals surface area (Å²) in [5, 5.41) is 12.4. The zero-order valence-corrected chi connectivity index (χ0v) is 24.5. The molecule has 1 unspecified atom stereocenters. The molecule has 1 spiro atoms. The second-order valence-electron chi connectivity index (χ2n) is 12.7. The van der Waals surface area contributed by atoms with Gasteiger partial charge in [-0.1, -0.05) is 6.07 Å². The number of cyclic esters (lactones) is 1. The Morgan fingerprint density at radius 1 is 1.02 bits per heavy atom. The fraction of sp³-hybridized carbons (Fsp3) is 0.567. The average Bonchev–Trinajstić information content (AvgIpc) is 3.67. The third-order valence-corrected chi connectivity index (χ3v) is 9.30. The van der Waals surface area contributed by atoms with Crippen LogP contribution in [0.4, 0.5) is 32.9 Å². The van der Waals surface area contributed by atoms with E-state index in [1.807, 2.05) is 26.0 Å². The molecule has 5 heterocycles. The second kappa shape index (κ2) is 10.6. The molecular weight excluding hydrogens is 538 g/mol. The number of carboxylic acid groups (broad SMARTS) is 1. The molecule has 6 rings (SSSR count). The number of aromatic nitrogens is 2. The maximum atomic E-state index is 13.7. The summed E-state index contributed by atoms with van der Waals surface area (Å²) in [7, 11) is 1.60. The zero-order valence-electron chi connectivity index (χ0n) is 24.5. The predicted octanol–water partition coefficient (Wildman–Crippen LogP) is 4.42. The van der Waals surface area contributed by atoms with Gasteiger partial charge in [-0.2, -0.15) is 0 Å². The first-order chi connectivity index (χ1) is 20.1. The van der Waals surface area contributed by atoms with Gasteiger partial charge in [0.05, 0.1) is 17.1 Å². The standard InChI is InChI=1S/C30H39N7O5/c1-29(2)19-42-28(41)37(29)24-10-9-21(25(33-24)35-16-13-30(11-12-30)14-17-35)26(38)32-22-7-4-8-23(31-22)36-15-5-6-20(18-36)34(3)27(39)40/h4,7-10,20H,5-6,11-19H2,1-3H3,(H,39,40)(H,31,32,38). The van der Waals surface area contributed by atoms with Gasteiger partial charge in [0, 0.05) is 33.2 Å². The highest BCUT2D eigenvalue weighted by atomic mass is 16.6. The molecule has 224 valence electrons. The number of hydrogen-bond acceptors (Lipinski definition) is 8. The molecule has 12 heteroatoms. The van der Waals surface area contributed by atoms with Crippen LogP contribution < -0.4 is 20.0 Å². The van der Waals surface area contributed by atoms with Gasteiger partial charge < -0.3 is 29.9 Å². The number of pyridine rings is 2. The van der Waals surface area contributed by atoms with Gasteiger partial charge in [-0.25, -0.2) is 19.6 Å². The summed E-state index contributed by atoms with van der Waals surface area (Å²) in [6, 6.07) is 8.77. The highest BCUT2D eigenvalue weighted by molar-refractivity contribution is 6.07. The summed E-state index contributed by atoms with van der Waals surface area (Å²) in [4.78, 5) is 54.6. The van der Waals surface area contributed by atoms with E-state index in [2.05, 4.69) is 15.1 Å². The van der Waals surface area contributed by atoms with Gasteiger partial charge in [0.1, 0.15) is 29.9 Å². The third kappa shape index (κ3) is 5.41. The Balaban J connectivity index is 1.24. The van der Waals surface area contributed by atoms with Crippen molar-refractivity contribution in [2.24, 2.45) is 5.41 Å². The molecule has 2 N–H and O–H groups in total. The van der Waals surface area contributed by atoms with Crippen LogP contribution in [0, 0.1) is 5.41 Å². The Morgan fingerprint density at radius 2 is 1.79 bits per heavy atom.